The van der Waals surface area contributed by atoms with Gasteiger partial charge in [0.1, 0.15) is 5.82 Å². The molecule has 7 heteroatoms. The van der Waals surface area contributed by atoms with Gasteiger partial charge in [-0.2, -0.15) is 13.2 Å². The predicted molar refractivity (Wildman–Crippen MR) is 72.6 cm³/mol. The molecule has 0 radical (unpaired) electrons. The number of methoxy groups -OCH3 is 1. The van der Waals surface area contributed by atoms with Crippen LogP contribution in [0.4, 0.5) is 13.2 Å². The van der Waals surface area contributed by atoms with E-state index in [0.29, 0.717) is 31.2 Å². The maximum absolute atomic E-state index is 13.0. The Hall–Kier alpha value is -1.86. The molecule has 0 amide bonds. The van der Waals surface area contributed by atoms with Gasteiger partial charge >= 0.3 is 6.18 Å². The third-order valence-corrected chi connectivity index (χ3v) is 2.93. The molecule has 21 heavy (non-hydrogen) atoms. The molecule has 0 aliphatic heterocycles. The normalized spacial score (nSPS) is 11.8. The van der Waals surface area contributed by atoms with E-state index in [1.54, 1.807) is 13.2 Å². The number of nitrogens with one attached hydrogen (secondary N) is 2. The maximum Gasteiger partial charge on any atom is 0.417 e. The van der Waals surface area contributed by atoms with E-state index in [1.165, 1.54) is 18.3 Å². The average molecular weight is 299 g/mol. The average Bonchev–Trinajstić information content (AvgIpc) is 2.91. The first-order chi connectivity index (χ1) is 10.0. The number of hydrogen-bond acceptors (Lipinski definition) is 3. The second-order valence-corrected chi connectivity index (χ2v) is 4.46. The minimum Gasteiger partial charge on any atom is -0.383 e. The highest BCUT2D eigenvalue weighted by atomic mass is 19.4. The molecule has 1 aromatic carbocycles. The van der Waals surface area contributed by atoms with Crippen LogP contribution in [-0.2, 0) is 17.5 Å². The Kier molecular flexibility index (Phi) is 4.98. The lowest BCUT2D eigenvalue weighted by molar-refractivity contribution is -0.137. The van der Waals surface area contributed by atoms with Crippen molar-refractivity contribution in [3.05, 3.63) is 41.9 Å². The lowest BCUT2D eigenvalue weighted by Crippen LogP contribution is -2.19. The van der Waals surface area contributed by atoms with Gasteiger partial charge in [0.2, 0.25) is 0 Å². The summed E-state index contributed by atoms with van der Waals surface area (Å²) in [5, 5.41) is 3.07. The van der Waals surface area contributed by atoms with Gasteiger partial charge in [0, 0.05) is 19.2 Å². The molecule has 0 atom stereocenters. The van der Waals surface area contributed by atoms with Crippen molar-refractivity contribution < 1.29 is 17.9 Å². The summed E-state index contributed by atoms with van der Waals surface area (Å²) in [6, 6.07) is 5.43. The molecule has 2 rings (SSSR count). The van der Waals surface area contributed by atoms with Crippen molar-refractivity contribution in [2.24, 2.45) is 0 Å². The Morgan fingerprint density at radius 1 is 1.29 bits per heavy atom. The highest BCUT2D eigenvalue weighted by Gasteiger charge is 2.33. The van der Waals surface area contributed by atoms with Crippen LogP contribution in [0.25, 0.3) is 11.3 Å². The van der Waals surface area contributed by atoms with Crippen molar-refractivity contribution in [1.29, 1.82) is 0 Å². The van der Waals surface area contributed by atoms with E-state index in [1.807, 2.05) is 0 Å². The van der Waals surface area contributed by atoms with Crippen LogP contribution in [0.2, 0.25) is 0 Å². The fourth-order valence-corrected chi connectivity index (χ4v) is 1.94. The summed E-state index contributed by atoms with van der Waals surface area (Å²) in [4.78, 5) is 6.99. The molecule has 0 fully saturated rings. The Morgan fingerprint density at radius 2 is 2.05 bits per heavy atom. The second kappa shape index (κ2) is 6.73. The molecule has 2 aromatic rings. The van der Waals surface area contributed by atoms with Crippen molar-refractivity contribution in [1.82, 2.24) is 15.3 Å². The fraction of sp³-hybridized carbons (Fsp3) is 0.357. The van der Waals surface area contributed by atoms with Crippen molar-refractivity contribution in [3.8, 4) is 11.3 Å². The third kappa shape index (κ3) is 4.05. The van der Waals surface area contributed by atoms with Gasteiger partial charge in [0.25, 0.3) is 0 Å². The minimum atomic E-state index is -4.39. The van der Waals surface area contributed by atoms with Gasteiger partial charge in [-0.3, -0.25) is 0 Å². The second-order valence-electron chi connectivity index (χ2n) is 4.46. The largest absolute Gasteiger partial charge is 0.417 e. The molecule has 4 nitrogen and oxygen atoms in total. The zero-order chi connectivity index (χ0) is 15.3. The molecule has 114 valence electrons. The number of aromatic amines is 1. The summed E-state index contributed by atoms with van der Waals surface area (Å²) in [6.45, 7) is 1.65. The van der Waals surface area contributed by atoms with Gasteiger partial charge in [-0.15, -0.1) is 0 Å². The summed E-state index contributed by atoms with van der Waals surface area (Å²) < 4.78 is 43.8. The van der Waals surface area contributed by atoms with Crippen molar-refractivity contribution >= 4 is 0 Å². The fourth-order valence-electron chi connectivity index (χ4n) is 1.94. The van der Waals surface area contributed by atoms with Crippen LogP contribution in [0.3, 0.4) is 0 Å². The van der Waals surface area contributed by atoms with Gasteiger partial charge < -0.3 is 15.0 Å². The van der Waals surface area contributed by atoms with Crippen LogP contribution >= 0.6 is 0 Å². The molecule has 0 aliphatic carbocycles. The number of H-pyrrole nitrogens is 1. The van der Waals surface area contributed by atoms with Crippen LogP contribution in [0, 0.1) is 0 Å². The van der Waals surface area contributed by atoms with E-state index in [-0.39, 0.29) is 5.56 Å². The summed E-state index contributed by atoms with van der Waals surface area (Å²) >= 11 is 0. The lowest BCUT2D eigenvalue weighted by Gasteiger charge is -2.11. The first-order valence-electron chi connectivity index (χ1n) is 6.42. The first-order valence-corrected chi connectivity index (χ1v) is 6.42. The van der Waals surface area contributed by atoms with Crippen LogP contribution in [0.1, 0.15) is 11.4 Å². The Balaban J connectivity index is 2.15. The molecule has 0 saturated heterocycles. The highest BCUT2D eigenvalue weighted by molar-refractivity contribution is 5.64. The molecule has 2 N–H and O–H groups in total. The number of halogens is 3. The van der Waals surface area contributed by atoms with Crippen molar-refractivity contribution in [2.45, 2.75) is 12.7 Å². The van der Waals surface area contributed by atoms with Gasteiger partial charge in [0.15, 0.2) is 0 Å². The zero-order valence-corrected chi connectivity index (χ0v) is 11.5. The van der Waals surface area contributed by atoms with Crippen molar-refractivity contribution in [2.75, 3.05) is 20.3 Å². The zero-order valence-electron chi connectivity index (χ0n) is 11.5. The Morgan fingerprint density at radius 3 is 2.76 bits per heavy atom. The predicted octanol–water partition coefficient (Wildman–Crippen LogP) is 2.83. The van der Waals surface area contributed by atoms with E-state index >= 15 is 0 Å². The van der Waals surface area contributed by atoms with E-state index in [2.05, 4.69) is 15.3 Å². The standard InChI is InChI=1S/C14H16F3N3O/c1-21-7-6-18-9-13-19-8-12(20-13)10-4-2-3-5-11(10)14(15,16)17/h2-5,8,18H,6-7,9H2,1H3,(H,19,20). The summed E-state index contributed by atoms with van der Waals surface area (Å²) in [5.41, 5.74) is -0.223. The van der Waals surface area contributed by atoms with Gasteiger partial charge in [-0.25, -0.2) is 4.98 Å². The van der Waals surface area contributed by atoms with Crippen LogP contribution in [-0.4, -0.2) is 30.2 Å². The number of imidazole rings is 1. The molecule has 0 spiro atoms. The van der Waals surface area contributed by atoms with Crippen LogP contribution in [0.15, 0.2) is 30.5 Å². The number of aromatic nitrogens is 2. The number of ether oxygens (including phenoxy) is 1. The number of benzene rings is 1. The summed E-state index contributed by atoms with van der Waals surface area (Å²) in [6.07, 6.45) is -2.98. The minimum absolute atomic E-state index is 0.0978. The molecular formula is C14H16F3N3O. The quantitative estimate of drug-likeness (QED) is 0.806. The van der Waals surface area contributed by atoms with E-state index in [9.17, 15) is 13.2 Å². The lowest BCUT2D eigenvalue weighted by atomic mass is 10.1. The van der Waals surface area contributed by atoms with E-state index in [4.69, 9.17) is 4.74 Å². The summed E-state index contributed by atoms with van der Waals surface area (Å²) in [5.74, 6) is 0.582. The van der Waals surface area contributed by atoms with Gasteiger partial charge in [-0.1, -0.05) is 18.2 Å². The smallest absolute Gasteiger partial charge is 0.383 e. The Bertz CT molecular complexity index is 581. The monoisotopic (exact) mass is 299 g/mol. The van der Waals surface area contributed by atoms with E-state index < -0.39 is 11.7 Å². The maximum atomic E-state index is 13.0. The van der Waals surface area contributed by atoms with Gasteiger partial charge in [0.05, 0.1) is 30.6 Å². The molecule has 0 bridgehead atoms. The van der Waals surface area contributed by atoms with E-state index in [0.717, 1.165) is 6.07 Å². The van der Waals surface area contributed by atoms with Crippen LogP contribution in [0.5, 0.6) is 0 Å². The molecule has 1 heterocycles. The summed E-state index contributed by atoms with van der Waals surface area (Å²) in [7, 11) is 1.60. The molecule has 0 unspecified atom stereocenters. The molecule has 0 aliphatic rings. The SMILES string of the molecule is COCCNCc1ncc(-c2ccccc2C(F)(F)F)[nH]1. The molecular weight excluding hydrogens is 283 g/mol. The highest BCUT2D eigenvalue weighted by Crippen LogP contribution is 2.36. The number of nitrogens with zero attached hydrogens (tertiary/aromatic N) is 1. The van der Waals surface area contributed by atoms with Gasteiger partial charge in [-0.05, 0) is 6.07 Å². The Labute approximate surface area is 120 Å². The molecule has 1 aromatic heterocycles. The third-order valence-electron chi connectivity index (χ3n) is 2.93. The number of alkyl halides is 3. The number of rotatable bonds is 6. The topological polar surface area (TPSA) is 49.9 Å². The van der Waals surface area contributed by atoms with Crippen molar-refractivity contribution in [3.63, 3.8) is 0 Å². The van der Waals surface area contributed by atoms with Crippen LogP contribution < -0.4 is 5.32 Å². The molecule has 0 saturated carbocycles. The number of hydrogen-bond donors (Lipinski definition) is 2. The first kappa shape index (κ1) is 15.5.